The lowest BCUT2D eigenvalue weighted by molar-refractivity contribution is 0.304. The molecule has 0 spiro atoms. The first kappa shape index (κ1) is 22.0. The van der Waals surface area contributed by atoms with Gasteiger partial charge in [0.1, 0.15) is 5.75 Å². The third-order valence-corrected chi connectivity index (χ3v) is 5.60. The molecule has 0 saturated carbocycles. The summed E-state index contributed by atoms with van der Waals surface area (Å²) in [5.41, 5.74) is 1.79. The van der Waals surface area contributed by atoms with Crippen molar-refractivity contribution in [2.24, 2.45) is 5.10 Å². The smallest absolute Gasteiger partial charge is 0.276 e. The van der Waals surface area contributed by atoms with Gasteiger partial charge < -0.3 is 4.74 Å². The number of hydrazone groups is 1. The number of hydrogen-bond donors (Lipinski definition) is 1. The second-order valence-corrected chi connectivity index (χ2v) is 8.51. The molecule has 5 nitrogen and oxygen atoms in total. The van der Waals surface area contributed by atoms with Crippen LogP contribution in [0.3, 0.4) is 0 Å². The Balaban J connectivity index is 1.76. The van der Waals surface area contributed by atoms with Gasteiger partial charge in [-0.1, -0.05) is 56.7 Å². The maximum absolute atomic E-state index is 12.2. The Morgan fingerprint density at radius 1 is 0.929 bits per heavy atom. The number of benzene rings is 2. The van der Waals surface area contributed by atoms with Gasteiger partial charge in [-0.25, -0.2) is 4.83 Å². The zero-order chi connectivity index (χ0) is 20.2. The van der Waals surface area contributed by atoms with Crippen molar-refractivity contribution in [1.29, 1.82) is 0 Å². The molecule has 0 aromatic heterocycles. The third-order valence-electron chi connectivity index (χ3n) is 4.36. The Morgan fingerprint density at radius 2 is 1.57 bits per heavy atom. The van der Waals surface area contributed by atoms with E-state index >= 15 is 0 Å². The summed E-state index contributed by atoms with van der Waals surface area (Å²) in [7, 11) is -3.65. The molecule has 0 radical (unpaired) electrons. The molecule has 0 saturated heterocycles. The molecule has 0 fully saturated rings. The summed E-state index contributed by atoms with van der Waals surface area (Å²) >= 11 is 0. The Bertz CT molecular complexity index is 829. The van der Waals surface area contributed by atoms with Crippen LogP contribution in [0.25, 0.3) is 0 Å². The summed E-state index contributed by atoms with van der Waals surface area (Å²) in [5.74, 6) is 0.811. The van der Waals surface area contributed by atoms with Gasteiger partial charge in [0.15, 0.2) is 0 Å². The van der Waals surface area contributed by atoms with Crippen molar-refractivity contribution in [3.8, 4) is 5.75 Å². The summed E-state index contributed by atoms with van der Waals surface area (Å²) in [5, 5.41) is 3.85. The quantitative estimate of drug-likeness (QED) is 0.307. The second kappa shape index (κ2) is 11.5. The first-order chi connectivity index (χ1) is 13.5. The van der Waals surface area contributed by atoms with E-state index in [1.807, 2.05) is 31.2 Å². The van der Waals surface area contributed by atoms with Crippen LogP contribution in [0.4, 0.5) is 0 Å². The van der Waals surface area contributed by atoms with Crippen molar-refractivity contribution in [3.05, 3.63) is 59.7 Å². The van der Waals surface area contributed by atoms with Crippen LogP contribution in [0.15, 0.2) is 58.5 Å². The van der Waals surface area contributed by atoms with Gasteiger partial charge in [-0.2, -0.15) is 13.5 Å². The molecule has 2 rings (SSSR count). The molecule has 2 aromatic rings. The maximum Gasteiger partial charge on any atom is 0.276 e. The van der Waals surface area contributed by atoms with E-state index < -0.39 is 10.0 Å². The molecule has 2 aromatic carbocycles. The molecule has 0 amide bonds. The van der Waals surface area contributed by atoms with Crippen LogP contribution < -0.4 is 9.57 Å². The zero-order valence-corrected chi connectivity index (χ0v) is 17.5. The Labute approximate surface area is 168 Å². The lowest BCUT2D eigenvalue weighted by Gasteiger charge is -2.06. The second-order valence-electron chi connectivity index (χ2n) is 6.85. The van der Waals surface area contributed by atoms with E-state index in [-0.39, 0.29) is 4.90 Å². The zero-order valence-electron chi connectivity index (χ0n) is 16.7. The minimum Gasteiger partial charge on any atom is -0.494 e. The van der Waals surface area contributed by atoms with E-state index in [0.29, 0.717) is 0 Å². The van der Waals surface area contributed by atoms with Gasteiger partial charge >= 0.3 is 0 Å². The van der Waals surface area contributed by atoms with Gasteiger partial charge in [0.2, 0.25) is 0 Å². The Kier molecular flexibility index (Phi) is 9.01. The highest BCUT2D eigenvalue weighted by atomic mass is 32.2. The first-order valence-electron chi connectivity index (χ1n) is 9.85. The summed E-state index contributed by atoms with van der Waals surface area (Å²) in [4.78, 5) is 2.42. The highest BCUT2D eigenvalue weighted by Gasteiger charge is 2.11. The fraction of sp³-hybridized carbons (Fsp3) is 0.409. The molecule has 28 heavy (non-hydrogen) atoms. The number of ether oxygens (including phenoxy) is 1. The predicted molar refractivity (Wildman–Crippen MR) is 114 cm³/mol. The molecule has 0 heterocycles. The number of rotatable bonds is 12. The molecule has 152 valence electrons. The molecule has 0 bridgehead atoms. The number of aryl methyl sites for hydroxylation is 1. The molecule has 1 N–H and O–H groups in total. The van der Waals surface area contributed by atoms with E-state index in [4.69, 9.17) is 4.74 Å². The number of sulfonamides is 1. The van der Waals surface area contributed by atoms with Crippen molar-refractivity contribution in [2.45, 2.75) is 57.3 Å². The SMILES string of the molecule is CCCCCCCCOc1ccc(C=NNS(=O)(=O)c2ccc(C)cc2)cc1. The molecule has 6 heteroatoms. The van der Waals surface area contributed by atoms with E-state index in [1.165, 1.54) is 38.3 Å². The topological polar surface area (TPSA) is 67.8 Å². The van der Waals surface area contributed by atoms with Gasteiger partial charge in [-0.15, -0.1) is 0 Å². The van der Waals surface area contributed by atoms with Gasteiger partial charge in [0.25, 0.3) is 10.0 Å². The highest BCUT2D eigenvalue weighted by molar-refractivity contribution is 7.89. The van der Waals surface area contributed by atoms with E-state index in [0.717, 1.165) is 29.9 Å². The fourth-order valence-electron chi connectivity index (χ4n) is 2.66. The molecule has 0 unspecified atom stereocenters. The van der Waals surface area contributed by atoms with E-state index in [1.54, 1.807) is 24.3 Å². The summed E-state index contributed by atoms with van der Waals surface area (Å²) in [6, 6.07) is 14.1. The lowest BCUT2D eigenvalue weighted by atomic mass is 10.1. The lowest BCUT2D eigenvalue weighted by Crippen LogP contribution is -2.18. The summed E-state index contributed by atoms with van der Waals surface area (Å²) < 4.78 is 30.1. The molecular formula is C22H30N2O3S. The van der Waals surface area contributed by atoms with Crippen LogP contribution in [-0.4, -0.2) is 21.2 Å². The predicted octanol–water partition coefficient (Wildman–Crippen LogP) is 5.05. The highest BCUT2D eigenvalue weighted by Crippen LogP contribution is 2.13. The van der Waals surface area contributed by atoms with Crippen molar-refractivity contribution < 1.29 is 13.2 Å². The normalized spacial score (nSPS) is 11.6. The van der Waals surface area contributed by atoms with Gasteiger partial charge in [0.05, 0.1) is 17.7 Å². The van der Waals surface area contributed by atoms with Crippen LogP contribution in [0.1, 0.15) is 56.6 Å². The van der Waals surface area contributed by atoms with Gasteiger partial charge in [-0.3, -0.25) is 0 Å². The van der Waals surface area contributed by atoms with Crippen LogP contribution >= 0.6 is 0 Å². The van der Waals surface area contributed by atoms with E-state index in [9.17, 15) is 8.42 Å². The summed E-state index contributed by atoms with van der Waals surface area (Å²) in [6.07, 6.45) is 8.89. The van der Waals surface area contributed by atoms with Crippen molar-refractivity contribution in [1.82, 2.24) is 4.83 Å². The number of nitrogens with zero attached hydrogens (tertiary/aromatic N) is 1. The van der Waals surface area contributed by atoms with Crippen LogP contribution in [0.5, 0.6) is 5.75 Å². The molecule has 0 aliphatic carbocycles. The minimum atomic E-state index is -3.65. The number of nitrogens with one attached hydrogen (secondary N) is 1. The van der Waals surface area contributed by atoms with Gasteiger partial charge in [-0.05, 0) is 55.3 Å². The van der Waals surface area contributed by atoms with Gasteiger partial charge in [0, 0.05) is 0 Å². The van der Waals surface area contributed by atoms with Crippen LogP contribution in [0.2, 0.25) is 0 Å². The Morgan fingerprint density at radius 3 is 2.25 bits per heavy atom. The van der Waals surface area contributed by atoms with Crippen molar-refractivity contribution >= 4 is 16.2 Å². The average molecular weight is 403 g/mol. The molecule has 0 aliphatic rings. The number of hydrogen-bond acceptors (Lipinski definition) is 4. The maximum atomic E-state index is 12.2. The minimum absolute atomic E-state index is 0.189. The standard InChI is InChI=1S/C22H30N2O3S/c1-3-4-5-6-7-8-17-27-21-13-11-20(12-14-21)18-23-24-28(25,26)22-15-9-19(2)10-16-22/h9-16,18,24H,3-8,17H2,1-2H3. The molecular weight excluding hydrogens is 372 g/mol. The Hall–Kier alpha value is -2.34. The monoisotopic (exact) mass is 402 g/mol. The fourth-order valence-corrected chi connectivity index (χ4v) is 3.45. The van der Waals surface area contributed by atoms with E-state index in [2.05, 4.69) is 16.9 Å². The molecule has 0 atom stereocenters. The van der Waals surface area contributed by atoms with Crippen LogP contribution in [0, 0.1) is 6.92 Å². The third kappa shape index (κ3) is 7.72. The van der Waals surface area contributed by atoms with Crippen molar-refractivity contribution in [3.63, 3.8) is 0 Å². The summed E-state index contributed by atoms with van der Waals surface area (Å²) in [6.45, 7) is 4.84. The van der Waals surface area contributed by atoms with Crippen LogP contribution in [-0.2, 0) is 10.0 Å². The average Bonchev–Trinajstić information content (AvgIpc) is 2.69. The number of unbranched alkanes of at least 4 members (excludes halogenated alkanes) is 5. The van der Waals surface area contributed by atoms with Crippen molar-refractivity contribution in [2.75, 3.05) is 6.61 Å². The molecule has 0 aliphatic heterocycles. The first-order valence-corrected chi connectivity index (χ1v) is 11.3. The largest absolute Gasteiger partial charge is 0.494 e.